The Morgan fingerprint density at radius 3 is 2.86 bits per heavy atom. The standard InChI is InChI=1S/C8H6N2O3S/c9-5-2-1-4-6(11)3-14-8(4)7(5)10(12)13/h1-3,11H,9H2. The van der Waals surface area contributed by atoms with Crippen LogP contribution in [0.5, 0.6) is 5.75 Å². The highest BCUT2D eigenvalue weighted by Crippen LogP contribution is 2.40. The van der Waals surface area contributed by atoms with Crippen LogP contribution in [0, 0.1) is 10.1 Å². The summed E-state index contributed by atoms with van der Waals surface area (Å²) in [6, 6.07) is 3.00. The fourth-order valence-corrected chi connectivity index (χ4v) is 2.23. The van der Waals surface area contributed by atoms with E-state index in [-0.39, 0.29) is 17.1 Å². The zero-order valence-electron chi connectivity index (χ0n) is 6.93. The maximum atomic E-state index is 10.7. The van der Waals surface area contributed by atoms with Gasteiger partial charge < -0.3 is 10.8 Å². The summed E-state index contributed by atoms with van der Waals surface area (Å²) in [6.07, 6.45) is 0. The van der Waals surface area contributed by atoms with E-state index in [4.69, 9.17) is 5.73 Å². The van der Waals surface area contributed by atoms with Crippen molar-refractivity contribution in [1.82, 2.24) is 0 Å². The summed E-state index contributed by atoms with van der Waals surface area (Å²) in [5.74, 6) is 0.0492. The third-order valence-electron chi connectivity index (χ3n) is 1.91. The Morgan fingerprint density at radius 1 is 1.50 bits per heavy atom. The van der Waals surface area contributed by atoms with Gasteiger partial charge in [0.1, 0.15) is 16.1 Å². The molecule has 1 heterocycles. The van der Waals surface area contributed by atoms with E-state index >= 15 is 0 Å². The van der Waals surface area contributed by atoms with Crippen molar-refractivity contribution in [2.24, 2.45) is 0 Å². The molecule has 0 aliphatic carbocycles. The number of nitrogens with two attached hydrogens (primary N) is 1. The number of anilines is 1. The van der Waals surface area contributed by atoms with Gasteiger partial charge in [0.05, 0.1) is 4.92 Å². The van der Waals surface area contributed by atoms with Crippen LogP contribution < -0.4 is 5.73 Å². The molecule has 6 heteroatoms. The summed E-state index contributed by atoms with van der Waals surface area (Å²) in [7, 11) is 0. The van der Waals surface area contributed by atoms with E-state index in [2.05, 4.69) is 0 Å². The first-order chi connectivity index (χ1) is 6.61. The van der Waals surface area contributed by atoms with Gasteiger partial charge in [-0.25, -0.2) is 0 Å². The van der Waals surface area contributed by atoms with Gasteiger partial charge in [0.15, 0.2) is 0 Å². The molecule has 3 N–H and O–H groups in total. The van der Waals surface area contributed by atoms with Gasteiger partial charge in [-0.1, -0.05) is 0 Å². The zero-order chi connectivity index (χ0) is 10.3. The summed E-state index contributed by atoms with van der Waals surface area (Å²) in [4.78, 5) is 10.2. The number of nitro groups is 1. The van der Waals surface area contributed by atoms with Crippen molar-refractivity contribution in [3.63, 3.8) is 0 Å². The van der Waals surface area contributed by atoms with Crippen molar-refractivity contribution in [2.45, 2.75) is 0 Å². The molecule has 0 amide bonds. The minimum Gasteiger partial charge on any atom is -0.506 e. The Kier molecular flexibility index (Phi) is 1.78. The van der Waals surface area contributed by atoms with E-state index in [1.54, 1.807) is 6.07 Å². The summed E-state index contributed by atoms with van der Waals surface area (Å²) >= 11 is 1.11. The molecule has 0 saturated carbocycles. The number of fused-ring (bicyclic) bond motifs is 1. The molecule has 0 atom stereocenters. The fourth-order valence-electron chi connectivity index (χ4n) is 1.27. The smallest absolute Gasteiger partial charge is 0.309 e. The fraction of sp³-hybridized carbons (Fsp3) is 0. The molecule has 2 rings (SSSR count). The third kappa shape index (κ3) is 1.08. The van der Waals surface area contributed by atoms with Gasteiger partial charge >= 0.3 is 5.69 Å². The number of nitrogen functional groups attached to an aromatic ring is 1. The molecule has 0 aliphatic rings. The highest BCUT2D eigenvalue weighted by Gasteiger charge is 2.19. The van der Waals surface area contributed by atoms with Gasteiger partial charge in [-0.2, -0.15) is 0 Å². The number of benzene rings is 1. The van der Waals surface area contributed by atoms with Crippen LogP contribution in [0.4, 0.5) is 11.4 Å². The molecule has 0 radical (unpaired) electrons. The number of nitrogens with zero attached hydrogens (tertiary/aromatic N) is 1. The van der Waals surface area contributed by atoms with E-state index in [0.717, 1.165) is 11.3 Å². The molecule has 14 heavy (non-hydrogen) atoms. The van der Waals surface area contributed by atoms with Crippen LogP contribution in [0.25, 0.3) is 10.1 Å². The minimum atomic E-state index is -0.534. The molecule has 1 aromatic carbocycles. The topological polar surface area (TPSA) is 89.4 Å². The molecule has 0 saturated heterocycles. The van der Waals surface area contributed by atoms with E-state index < -0.39 is 4.92 Å². The van der Waals surface area contributed by atoms with Crippen LogP contribution in [0.3, 0.4) is 0 Å². The highest BCUT2D eigenvalue weighted by atomic mass is 32.1. The van der Waals surface area contributed by atoms with Gasteiger partial charge in [0.25, 0.3) is 0 Å². The Morgan fingerprint density at radius 2 is 2.21 bits per heavy atom. The van der Waals surface area contributed by atoms with E-state index in [1.165, 1.54) is 11.4 Å². The van der Waals surface area contributed by atoms with E-state index in [1.807, 2.05) is 0 Å². The average Bonchev–Trinajstić information content (AvgIpc) is 2.47. The predicted octanol–water partition coefficient (Wildman–Crippen LogP) is 2.10. The molecule has 0 spiro atoms. The second-order valence-corrected chi connectivity index (χ2v) is 3.64. The SMILES string of the molecule is Nc1ccc2c(O)csc2c1[N+](=O)[O-]. The van der Waals surface area contributed by atoms with Crippen LogP contribution in [0.1, 0.15) is 0 Å². The van der Waals surface area contributed by atoms with E-state index in [9.17, 15) is 15.2 Å². The van der Waals surface area contributed by atoms with Crippen LogP contribution in [0.2, 0.25) is 0 Å². The summed E-state index contributed by atoms with van der Waals surface area (Å²) in [6.45, 7) is 0. The van der Waals surface area contributed by atoms with Crippen LogP contribution in [0.15, 0.2) is 17.5 Å². The molecule has 1 aromatic heterocycles. The molecule has 0 unspecified atom stereocenters. The van der Waals surface area contributed by atoms with Crippen molar-refractivity contribution in [3.05, 3.63) is 27.6 Å². The van der Waals surface area contributed by atoms with E-state index in [0.29, 0.717) is 10.1 Å². The largest absolute Gasteiger partial charge is 0.506 e. The first-order valence-electron chi connectivity index (χ1n) is 3.74. The maximum absolute atomic E-state index is 10.7. The van der Waals surface area contributed by atoms with Crippen LogP contribution in [-0.2, 0) is 0 Å². The number of hydrogen-bond donors (Lipinski definition) is 2. The molecule has 5 nitrogen and oxygen atoms in total. The quantitative estimate of drug-likeness (QED) is 0.428. The second kappa shape index (κ2) is 2.85. The third-order valence-corrected chi connectivity index (χ3v) is 2.90. The van der Waals surface area contributed by atoms with Crippen molar-refractivity contribution in [3.8, 4) is 5.75 Å². The van der Waals surface area contributed by atoms with Crippen molar-refractivity contribution in [1.29, 1.82) is 0 Å². The number of aromatic hydroxyl groups is 1. The molecular weight excluding hydrogens is 204 g/mol. The Bertz CT molecular complexity index is 521. The van der Waals surface area contributed by atoms with Crippen molar-refractivity contribution < 1.29 is 10.0 Å². The van der Waals surface area contributed by atoms with Crippen LogP contribution >= 0.6 is 11.3 Å². The molecule has 2 aromatic rings. The first kappa shape index (κ1) is 8.76. The predicted molar refractivity (Wildman–Crippen MR) is 54.6 cm³/mol. The minimum absolute atomic E-state index is 0.0492. The van der Waals surface area contributed by atoms with Gasteiger partial charge in [0.2, 0.25) is 0 Å². The van der Waals surface area contributed by atoms with Crippen molar-refractivity contribution in [2.75, 3.05) is 5.73 Å². The Labute approximate surface area is 82.5 Å². The Hall–Kier alpha value is -1.82. The first-order valence-corrected chi connectivity index (χ1v) is 4.62. The maximum Gasteiger partial charge on any atom is 0.309 e. The lowest BCUT2D eigenvalue weighted by atomic mass is 10.2. The van der Waals surface area contributed by atoms with Crippen molar-refractivity contribution >= 4 is 32.8 Å². The molecule has 0 fully saturated rings. The average molecular weight is 210 g/mol. The van der Waals surface area contributed by atoms with Gasteiger partial charge in [0, 0.05) is 10.8 Å². The number of rotatable bonds is 1. The lowest BCUT2D eigenvalue weighted by molar-refractivity contribution is -0.381. The van der Waals surface area contributed by atoms with Gasteiger partial charge in [-0.05, 0) is 12.1 Å². The molecule has 0 aliphatic heterocycles. The van der Waals surface area contributed by atoms with Crippen LogP contribution in [-0.4, -0.2) is 10.0 Å². The van der Waals surface area contributed by atoms with Gasteiger partial charge in [-0.3, -0.25) is 10.1 Å². The monoisotopic (exact) mass is 210 g/mol. The number of nitro benzene ring substituents is 1. The second-order valence-electron chi connectivity index (χ2n) is 2.76. The van der Waals surface area contributed by atoms with Gasteiger partial charge in [-0.15, -0.1) is 11.3 Å². The molecule has 0 bridgehead atoms. The number of thiophene rings is 1. The number of hydrogen-bond acceptors (Lipinski definition) is 5. The Balaban J connectivity index is 2.90. The zero-order valence-corrected chi connectivity index (χ0v) is 7.75. The summed E-state index contributed by atoms with van der Waals surface area (Å²) in [5.41, 5.74) is 5.46. The lowest BCUT2D eigenvalue weighted by Crippen LogP contribution is -1.94. The summed E-state index contributed by atoms with van der Waals surface area (Å²) < 4.78 is 0.410. The highest BCUT2D eigenvalue weighted by molar-refractivity contribution is 7.18. The summed E-state index contributed by atoms with van der Waals surface area (Å²) in [5, 5.41) is 22.0. The molecular formula is C8H6N2O3S. The normalized spacial score (nSPS) is 10.6. The molecule has 72 valence electrons. The lowest BCUT2D eigenvalue weighted by Gasteiger charge is -1.97.